The summed E-state index contributed by atoms with van der Waals surface area (Å²) in [5, 5.41) is 10.0. The fourth-order valence-corrected chi connectivity index (χ4v) is 3.65. The quantitative estimate of drug-likeness (QED) is 0.931. The molecule has 0 aliphatic carbocycles. The average molecular weight is 302 g/mol. The molecule has 1 aromatic carbocycles. The standard InChI is InChI=1S/C18H26N2O2/c21-16-10-7-13-20(14-16)17(15-8-3-1-4-9-15)18(22)19-11-5-2-6-12-19/h1,3-4,8-9,16-17,21H,2,5-7,10-14H2. The Morgan fingerprint density at radius 1 is 1.05 bits per heavy atom. The second-order valence-electron chi connectivity index (χ2n) is 6.49. The molecule has 0 saturated carbocycles. The number of nitrogens with zero attached hydrogens (tertiary/aromatic N) is 2. The number of piperidine rings is 2. The Morgan fingerprint density at radius 2 is 1.77 bits per heavy atom. The van der Waals surface area contributed by atoms with Gasteiger partial charge in [-0.1, -0.05) is 30.3 Å². The topological polar surface area (TPSA) is 43.8 Å². The number of aliphatic hydroxyl groups is 1. The number of benzene rings is 1. The highest BCUT2D eigenvalue weighted by Gasteiger charge is 2.34. The van der Waals surface area contributed by atoms with Crippen LogP contribution in [0.1, 0.15) is 43.7 Å². The van der Waals surface area contributed by atoms with Crippen LogP contribution in [0.4, 0.5) is 0 Å². The first-order valence-corrected chi connectivity index (χ1v) is 8.51. The lowest BCUT2D eigenvalue weighted by molar-refractivity contribution is -0.139. The Kier molecular flexibility index (Phi) is 5.11. The first-order valence-electron chi connectivity index (χ1n) is 8.51. The highest BCUT2D eigenvalue weighted by Crippen LogP contribution is 2.28. The molecular weight excluding hydrogens is 276 g/mol. The van der Waals surface area contributed by atoms with Gasteiger partial charge in [-0.25, -0.2) is 0 Å². The number of β-amino-alcohol motifs (C(OH)–C–C–N with tert-alkyl or cyclic N) is 1. The number of hydrogen-bond donors (Lipinski definition) is 1. The van der Waals surface area contributed by atoms with Crippen molar-refractivity contribution in [3.8, 4) is 0 Å². The van der Waals surface area contributed by atoms with E-state index in [1.54, 1.807) is 0 Å². The second-order valence-corrected chi connectivity index (χ2v) is 6.49. The van der Waals surface area contributed by atoms with Gasteiger partial charge in [0.25, 0.3) is 0 Å². The highest BCUT2D eigenvalue weighted by atomic mass is 16.3. The molecule has 4 heteroatoms. The van der Waals surface area contributed by atoms with Crippen molar-refractivity contribution in [2.24, 2.45) is 0 Å². The van der Waals surface area contributed by atoms with Crippen LogP contribution < -0.4 is 0 Å². The van der Waals surface area contributed by atoms with Crippen molar-refractivity contribution in [1.29, 1.82) is 0 Å². The fourth-order valence-electron chi connectivity index (χ4n) is 3.65. The zero-order valence-electron chi connectivity index (χ0n) is 13.2. The van der Waals surface area contributed by atoms with Gasteiger partial charge in [-0.3, -0.25) is 9.69 Å². The van der Waals surface area contributed by atoms with E-state index in [1.807, 2.05) is 35.2 Å². The first-order chi connectivity index (χ1) is 10.8. The molecule has 2 saturated heterocycles. The highest BCUT2D eigenvalue weighted by molar-refractivity contribution is 5.83. The third kappa shape index (κ3) is 3.50. The SMILES string of the molecule is O=C(C(c1ccccc1)N1CCCC(O)C1)N1CCCCC1. The number of carbonyl (C=O) groups excluding carboxylic acids is 1. The number of hydrogen-bond acceptors (Lipinski definition) is 3. The summed E-state index contributed by atoms with van der Waals surface area (Å²) in [5.41, 5.74) is 1.05. The Bertz CT molecular complexity index is 485. The molecule has 3 rings (SSSR count). The van der Waals surface area contributed by atoms with Gasteiger partial charge in [0.2, 0.25) is 5.91 Å². The van der Waals surface area contributed by atoms with Crippen LogP contribution in [0.5, 0.6) is 0 Å². The summed E-state index contributed by atoms with van der Waals surface area (Å²) in [5.74, 6) is 0.208. The Balaban J connectivity index is 1.83. The van der Waals surface area contributed by atoms with Crippen molar-refractivity contribution < 1.29 is 9.90 Å². The van der Waals surface area contributed by atoms with E-state index in [9.17, 15) is 9.90 Å². The summed E-state index contributed by atoms with van der Waals surface area (Å²) in [4.78, 5) is 17.3. The summed E-state index contributed by atoms with van der Waals surface area (Å²) in [6, 6.07) is 9.80. The molecular formula is C18H26N2O2. The molecule has 2 unspecified atom stereocenters. The monoisotopic (exact) mass is 302 g/mol. The molecule has 2 aliphatic heterocycles. The lowest BCUT2D eigenvalue weighted by atomic mass is 9.98. The van der Waals surface area contributed by atoms with Crippen molar-refractivity contribution in [1.82, 2.24) is 9.80 Å². The van der Waals surface area contributed by atoms with Gasteiger partial charge in [-0.2, -0.15) is 0 Å². The molecule has 2 atom stereocenters. The number of carbonyl (C=O) groups is 1. The smallest absolute Gasteiger partial charge is 0.244 e. The minimum absolute atomic E-state index is 0.208. The molecule has 0 aromatic heterocycles. The Hall–Kier alpha value is -1.39. The van der Waals surface area contributed by atoms with E-state index in [1.165, 1.54) is 6.42 Å². The van der Waals surface area contributed by atoms with E-state index in [-0.39, 0.29) is 18.1 Å². The normalized spacial score (nSPS) is 25.0. The molecule has 2 fully saturated rings. The maximum atomic E-state index is 13.1. The lowest BCUT2D eigenvalue weighted by Crippen LogP contribution is -2.48. The summed E-state index contributed by atoms with van der Waals surface area (Å²) in [7, 11) is 0. The van der Waals surface area contributed by atoms with E-state index in [0.717, 1.165) is 50.9 Å². The molecule has 1 amide bonds. The van der Waals surface area contributed by atoms with Gasteiger partial charge < -0.3 is 10.0 Å². The maximum Gasteiger partial charge on any atom is 0.244 e. The zero-order chi connectivity index (χ0) is 15.4. The van der Waals surface area contributed by atoms with Crippen LogP contribution in [0, 0.1) is 0 Å². The number of aliphatic hydroxyl groups excluding tert-OH is 1. The van der Waals surface area contributed by atoms with E-state index in [4.69, 9.17) is 0 Å². The van der Waals surface area contributed by atoms with E-state index < -0.39 is 0 Å². The molecule has 2 aliphatic rings. The molecule has 1 N–H and O–H groups in total. The minimum Gasteiger partial charge on any atom is -0.392 e. The van der Waals surface area contributed by atoms with Crippen LogP contribution in [-0.4, -0.2) is 53.1 Å². The first kappa shape index (κ1) is 15.5. The van der Waals surface area contributed by atoms with Crippen molar-refractivity contribution in [2.45, 2.75) is 44.2 Å². The van der Waals surface area contributed by atoms with E-state index in [0.29, 0.717) is 6.54 Å². The van der Waals surface area contributed by atoms with Crippen LogP contribution in [0.3, 0.4) is 0 Å². The molecule has 120 valence electrons. The number of likely N-dealkylation sites (tertiary alicyclic amines) is 2. The maximum absolute atomic E-state index is 13.1. The minimum atomic E-state index is -0.311. The van der Waals surface area contributed by atoms with Gasteiger partial charge in [0.1, 0.15) is 6.04 Å². The van der Waals surface area contributed by atoms with Gasteiger partial charge in [0, 0.05) is 19.6 Å². The third-order valence-corrected chi connectivity index (χ3v) is 4.81. The van der Waals surface area contributed by atoms with Crippen molar-refractivity contribution in [3.63, 3.8) is 0 Å². The van der Waals surface area contributed by atoms with Gasteiger partial charge in [-0.05, 0) is 44.2 Å². The third-order valence-electron chi connectivity index (χ3n) is 4.81. The van der Waals surface area contributed by atoms with Crippen molar-refractivity contribution in [2.75, 3.05) is 26.2 Å². The van der Waals surface area contributed by atoms with Gasteiger partial charge in [0.05, 0.1) is 6.10 Å². The van der Waals surface area contributed by atoms with Gasteiger partial charge in [0.15, 0.2) is 0 Å². The van der Waals surface area contributed by atoms with Crippen molar-refractivity contribution >= 4 is 5.91 Å². The van der Waals surface area contributed by atoms with Crippen LogP contribution in [0.2, 0.25) is 0 Å². The van der Waals surface area contributed by atoms with Gasteiger partial charge in [-0.15, -0.1) is 0 Å². The molecule has 0 spiro atoms. The molecule has 22 heavy (non-hydrogen) atoms. The number of rotatable bonds is 3. The molecule has 4 nitrogen and oxygen atoms in total. The Labute approximate surface area is 132 Å². The zero-order valence-corrected chi connectivity index (χ0v) is 13.2. The van der Waals surface area contributed by atoms with Crippen LogP contribution in [0.25, 0.3) is 0 Å². The molecule has 0 bridgehead atoms. The van der Waals surface area contributed by atoms with Crippen LogP contribution >= 0.6 is 0 Å². The number of amides is 1. The Morgan fingerprint density at radius 3 is 2.45 bits per heavy atom. The summed E-state index contributed by atoms with van der Waals surface area (Å²) < 4.78 is 0. The van der Waals surface area contributed by atoms with Crippen LogP contribution in [-0.2, 0) is 4.79 Å². The van der Waals surface area contributed by atoms with Gasteiger partial charge >= 0.3 is 0 Å². The van der Waals surface area contributed by atoms with E-state index in [2.05, 4.69) is 4.90 Å². The molecule has 0 radical (unpaired) electrons. The fraction of sp³-hybridized carbons (Fsp3) is 0.611. The van der Waals surface area contributed by atoms with E-state index >= 15 is 0 Å². The predicted molar refractivity (Wildman–Crippen MR) is 86.4 cm³/mol. The molecule has 2 heterocycles. The predicted octanol–water partition coefficient (Wildman–Crippen LogP) is 2.20. The summed E-state index contributed by atoms with van der Waals surface area (Å²) >= 11 is 0. The van der Waals surface area contributed by atoms with Crippen LogP contribution in [0.15, 0.2) is 30.3 Å². The molecule has 1 aromatic rings. The summed E-state index contributed by atoms with van der Waals surface area (Å²) in [6.45, 7) is 3.23. The average Bonchev–Trinajstić information content (AvgIpc) is 2.57. The second kappa shape index (κ2) is 7.25. The van der Waals surface area contributed by atoms with Crippen molar-refractivity contribution in [3.05, 3.63) is 35.9 Å². The lowest BCUT2D eigenvalue weighted by Gasteiger charge is -2.39. The summed E-state index contributed by atoms with van der Waals surface area (Å²) in [6.07, 6.45) is 4.93. The largest absolute Gasteiger partial charge is 0.392 e.